The predicted octanol–water partition coefficient (Wildman–Crippen LogP) is 2.59. The first-order chi connectivity index (χ1) is 8.83. The summed E-state index contributed by atoms with van der Waals surface area (Å²) in [5.74, 6) is 0. The Kier molecular flexibility index (Phi) is 3.26. The molecule has 1 atom stereocenters. The van der Waals surface area contributed by atoms with Crippen LogP contribution in [0.5, 0.6) is 0 Å². The van der Waals surface area contributed by atoms with Crippen molar-refractivity contribution in [2.75, 3.05) is 19.8 Å². The quantitative estimate of drug-likeness (QED) is 0.834. The number of aryl methyl sites for hydroxylation is 1. The van der Waals surface area contributed by atoms with Gasteiger partial charge in [0.15, 0.2) is 0 Å². The lowest BCUT2D eigenvalue weighted by atomic mass is 10.1. The van der Waals surface area contributed by atoms with Crippen LogP contribution in [0.25, 0.3) is 10.9 Å². The number of ether oxygens (including phenoxy) is 1. The Morgan fingerprint density at radius 1 is 1.28 bits per heavy atom. The summed E-state index contributed by atoms with van der Waals surface area (Å²) >= 11 is 0. The van der Waals surface area contributed by atoms with Crippen molar-refractivity contribution < 1.29 is 4.74 Å². The summed E-state index contributed by atoms with van der Waals surface area (Å²) in [5.41, 5.74) is 3.41. The number of rotatable bonds is 1. The second-order valence-electron chi connectivity index (χ2n) is 4.87. The van der Waals surface area contributed by atoms with Crippen LogP contribution in [0, 0.1) is 6.92 Å². The van der Waals surface area contributed by atoms with Crippen LogP contribution in [-0.4, -0.2) is 24.7 Å². The number of hydrogen-bond donors (Lipinski definition) is 1. The summed E-state index contributed by atoms with van der Waals surface area (Å²) < 4.78 is 5.59. The number of fused-ring (bicyclic) bond motifs is 1. The van der Waals surface area contributed by atoms with Crippen LogP contribution in [0.4, 0.5) is 0 Å². The average Bonchev–Trinajstić information content (AvgIpc) is 2.67. The summed E-state index contributed by atoms with van der Waals surface area (Å²) in [4.78, 5) is 4.74. The molecule has 3 nitrogen and oxygen atoms in total. The topological polar surface area (TPSA) is 34.1 Å². The number of benzene rings is 1. The average molecular weight is 242 g/mol. The van der Waals surface area contributed by atoms with Crippen LogP contribution in [-0.2, 0) is 4.74 Å². The molecule has 3 heteroatoms. The molecule has 0 bridgehead atoms. The molecule has 2 aromatic rings. The Balaban J connectivity index is 1.94. The number of nitrogens with one attached hydrogen (secondary N) is 1. The van der Waals surface area contributed by atoms with Gasteiger partial charge in [0.05, 0.1) is 23.9 Å². The molecule has 1 unspecified atom stereocenters. The van der Waals surface area contributed by atoms with Gasteiger partial charge in [0.25, 0.3) is 0 Å². The van der Waals surface area contributed by atoms with E-state index in [1.54, 1.807) is 0 Å². The summed E-state index contributed by atoms with van der Waals surface area (Å²) in [6, 6.07) is 10.8. The largest absolute Gasteiger partial charge is 0.379 e. The SMILES string of the molecule is Cc1ccc2nc(C3COCCCN3)ccc2c1. The molecule has 0 amide bonds. The Hall–Kier alpha value is -1.45. The van der Waals surface area contributed by atoms with Gasteiger partial charge in [-0.25, -0.2) is 0 Å². The Morgan fingerprint density at radius 3 is 3.17 bits per heavy atom. The second-order valence-corrected chi connectivity index (χ2v) is 4.87. The van der Waals surface area contributed by atoms with E-state index in [-0.39, 0.29) is 6.04 Å². The first-order valence-corrected chi connectivity index (χ1v) is 6.51. The van der Waals surface area contributed by atoms with E-state index < -0.39 is 0 Å². The molecule has 1 fully saturated rings. The lowest BCUT2D eigenvalue weighted by Crippen LogP contribution is -2.24. The molecule has 0 radical (unpaired) electrons. The molecule has 2 heterocycles. The fraction of sp³-hybridized carbons (Fsp3) is 0.400. The molecular weight excluding hydrogens is 224 g/mol. The van der Waals surface area contributed by atoms with Gasteiger partial charge in [0.1, 0.15) is 0 Å². The van der Waals surface area contributed by atoms with Gasteiger partial charge in [-0.1, -0.05) is 17.7 Å². The first kappa shape index (κ1) is 11.6. The van der Waals surface area contributed by atoms with E-state index in [1.807, 2.05) is 0 Å². The van der Waals surface area contributed by atoms with Crippen LogP contribution >= 0.6 is 0 Å². The van der Waals surface area contributed by atoms with E-state index in [0.29, 0.717) is 6.61 Å². The minimum absolute atomic E-state index is 0.221. The maximum absolute atomic E-state index is 5.59. The van der Waals surface area contributed by atoms with Crippen molar-refractivity contribution in [1.82, 2.24) is 10.3 Å². The van der Waals surface area contributed by atoms with E-state index in [1.165, 1.54) is 10.9 Å². The lowest BCUT2D eigenvalue weighted by molar-refractivity contribution is 0.131. The minimum atomic E-state index is 0.221. The third-order valence-electron chi connectivity index (χ3n) is 3.36. The van der Waals surface area contributed by atoms with Crippen molar-refractivity contribution in [1.29, 1.82) is 0 Å². The van der Waals surface area contributed by atoms with Gasteiger partial charge in [-0.3, -0.25) is 4.98 Å². The number of hydrogen-bond acceptors (Lipinski definition) is 3. The van der Waals surface area contributed by atoms with E-state index in [9.17, 15) is 0 Å². The molecule has 1 saturated heterocycles. The third-order valence-corrected chi connectivity index (χ3v) is 3.36. The van der Waals surface area contributed by atoms with E-state index >= 15 is 0 Å². The fourth-order valence-electron chi connectivity index (χ4n) is 2.36. The van der Waals surface area contributed by atoms with Gasteiger partial charge in [-0.15, -0.1) is 0 Å². The van der Waals surface area contributed by atoms with Gasteiger partial charge in [0, 0.05) is 12.0 Å². The van der Waals surface area contributed by atoms with Gasteiger partial charge >= 0.3 is 0 Å². The normalized spacial score (nSPS) is 20.8. The number of nitrogens with zero attached hydrogens (tertiary/aromatic N) is 1. The first-order valence-electron chi connectivity index (χ1n) is 6.51. The summed E-state index contributed by atoms with van der Waals surface area (Å²) in [6.07, 6.45) is 1.07. The van der Waals surface area contributed by atoms with Crippen LogP contribution in [0.3, 0.4) is 0 Å². The maximum atomic E-state index is 5.59. The van der Waals surface area contributed by atoms with Crippen molar-refractivity contribution >= 4 is 10.9 Å². The van der Waals surface area contributed by atoms with Gasteiger partial charge in [0.2, 0.25) is 0 Å². The molecule has 94 valence electrons. The van der Waals surface area contributed by atoms with Crippen LogP contribution < -0.4 is 5.32 Å². The highest BCUT2D eigenvalue weighted by Gasteiger charge is 2.15. The summed E-state index contributed by atoms with van der Waals surface area (Å²) in [5, 5.41) is 4.69. The molecule has 0 saturated carbocycles. The Bertz CT molecular complexity index is 545. The molecule has 1 N–H and O–H groups in total. The molecule has 1 aromatic heterocycles. The van der Waals surface area contributed by atoms with Crippen molar-refractivity contribution in [3.8, 4) is 0 Å². The molecular formula is C15H18N2O. The van der Waals surface area contributed by atoms with Crippen molar-refractivity contribution in [3.05, 3.63) is 41.6 Å². The standard InChI is InChI=1S/C15H18N2O/c1-11-3-5-13-12(9-11)4-6-14(17-13)15-10-18-8-2-7-16-15/h3-6,9,15-16H,2,7-8,10H2,1H3. The van der Waals surface area contributed by atoms with Gasteiger partial charge in [-0.2, -0.15) is 0 Å². The van der Waals surface area contributed by atoms with E-state index in [0.717, 1.165) is 30.8 Å². The molecule has 1 aliphatic heterocycles. The van der Waals surface area contributed by atoms with Crippen LogP contribution in [0.2, 0.25) is 0 Å². The molecule has 3 rings (SSSR count). The third kappa shape index (κ3) is 2.37. The zero-order chi connectivity index (χ0) is 12.4. The van der Waals surface area contributed by atoms with E-state index in [4.69, 9.17) is 9.72 Å². The highest BCUT2D eigenvalue weighted by molar-refractivity contribution is 5.79. The Labute approximate surface area is 107 Å². The van der Waals surface area contributed by atoms with E-state index in [2.05, 4.69) is 42.6 Å². The zero-order valence-corrected chi connectivity index (χ0v) is 10.6. The zero-order valence-electron chi connectivity index (χ0n) is 10.6. The fourth-order valence-corrected chi connectivity index (χ4v) is 2.36. The monoisotopic (exact) mass is 242 g/mol. The smallest absolute Gasteiger partial charge is 0.0733 e. The van der Waals surface area contributed by atoms with Crippen molar-refractivity contribution in [3.63, 3.8) is 0 Å². The van der Waals surface area contributed by atoms with Crippen molar-refractivity contribution in [2.24, 2.45) is 0 Å². The van der Waals surface area contributed by atoms with Gasteiger partial charge in [-0.05, 0) is 38.1 Å². The summed E-state index contributed by atoms with van der Waals surface area (Å²) in [6.45, 7) is 4.66. The van der Waals surface area contributed by atoms with Gasteiger partial charge < -0.3 is 10.1 Å². The number of aromatic nitrogens is 1. The second kappa shape index (κ2) is 5.04. The molecule has 1 aliphatic rings. The highest BCUT2D eigenvalue weighted by atomic mass is 16.5. The van der Waals surface area contributed by atoms with Crippen LogP contribution in [0.15, 0.2) is 30.3 Å². The highest BCUT2D eigenvalue weighted by Crippen LogP contribution is 2.19. The van der Waals surface area contributed by atoms with Crippen LogP contribution in [0.1, 0.15) is 23.7 Å². The summed E-state index contributed by atoms with van der Waals surface area (Å²) in [7, 11) is 0. The Morgan fingerprint density at radius 2 is 2.22 bits per heavy atom. The number of pyridine rings is 1. The predicted molar refractivity (Wildman–Crippen MR) is 72.7 cm³/mol. The molecule has 0 spiro atoms. The molecule has 18 heavy (non-hydrogen) atoms. The molecule has 1 aromatic carbocycles. The molecule has 0 aliphatic carbocycles. The minimum Gasteiger partial charge on any atom is -0.379 e. The maximum Gasteiger partial charge on any atom is 0.0733 e. The lowest BCUT2D eigenvalue weighted by Gasteiger charge is -2.15. The van der Waals surface area contributed by atoms with Crippen molar-refractivity contribution in [2.45, 2.75) is 19.4 Å².